The van der Waals surface area contributed by atoms with Crippen LogP contribution in [0.1, 0.15) is 10.5 Å². The largest absolute Gasteiger partial charge is 0.497 e. The molecular weight excluding hydrogens is 316 g/mol. The van der Waals surface area contributed by atoms with Crippen LogP contribution in [0.4, 0.5) is 5.69 Å². The quantitative estimate of drug-likeness (QED) is 0.777. The highest BCUT2D eigenvalue weighted by Crippen LogP contribution is 2.27. The van der Waals surface area contributed by atoms with E-state index < -0.39 is 5.91 Å². The van der Waals surface area contributed by atoms with Gasteiger partial charge in [-0.1, -0.05) is 23.7 Å². The van der Waals surface area contributed by atoms with E-state index in [4.69, 9.17) is 20.8 Å². The molecule has 23 heavy (non-hydrogen) atoms. The predicted molar refractivity (Wildman–Crippen MR) is 87.9 cm³/mol. The Balaban J connectivity index is 1.88. The number of oxazole rings is 1. The van der Waals surface area contributed by atoms with E-state index in [2.05, 4.69) is 10.3 Å². The van der Waals surface area contributed by atoms with Crippen molar-refractivity contribution in [1.29, 1.82) is 0 Å². The summed E-state index contributed by atoms with van der Waals surface area (Å²) in [5.74, 6) is 0.713. The Bertz CT molecular complexity index is 828. The summed E-state index contributed by atoms with van der Waals surface area (Å²) in [7, 11) is 1.59. The Kier molecular flexibility index (Phi) is 4.30. The van der Waals surface area contributed by atoms with Crippen LogP contribution >= 0.6 is 11.6 Å². The molecule has 0 aliphatic heterocycles. The van der Waals surface area contributed by atoms with Crippen LogP contribution in [-0.2, 0) is 0 Å². The van der Waals surface area contributed by atoms with E-state index in [1.807, 2.05) is 0 Å². The van der Waals surface area contributed by atoms with E-state index >= 15 is 0 Å². The molecule has 116 valence electrons. The number of carbonyl (C=O) groups is 1. The molecule has 0 radical (unpaired) electrons. The minimum Gasteiger partial charge on any atom is -0.497 e. The van der Waals surface area contributed by atoms with Gasteiger partial charge in [-0.25, -0.2) is 4.98 Å². The van der Waals surface area contributed by atoms with Crippen molar-refractivity contribution in [3.63, 3.8) is 0 Å². The summed E-state index contributed by atoms with van der Waals surface area (Å²) in [5, 5.41) is 3.18. The van der Waals surface area contributed by atoms with Crippen molar-refractivity contribution in [1.82, 2.24) is 4.98 Å². The Hall–Kier alpha value is -2.79. The van der Waals surface area contributed by atoms with Gasteiger partial charge in [-0.05, 0) is 36.4 Å². The van der Waals surface area contributed by atoms with Crippen molar-refractivity contribution in [3.8, 4) is 17.1 Å². The van der Waals surface area contributed by atoms with Crippen molar-refractivity contribution in [2.24, 2.45) is 0 Å². The molecule has 1 N–H and O–H groups in total. The fourth-order valence-corrected chi connectivity index (χ4v) is 2.28. The van der Waals surface area contributed by atoms with E-state index in [1.165, 1.54) is 6.39 Å². The molecule has 0 saturated carbocycles. The third-order valence-electron chi connectivity index (χ3n) is 3.26. The van der Waals surface area contributed by atoms with E-state index in [0.29, 0.717) is 16.5 Å². The lowest BCUT2D eigenvalue weighted by Crippen LogP contribution is -2.13. The summed E-state index contributed by atoms with van der Waals surface area (Å²) in [4.78, 5) is 16.4. The average molecular weight is 329 g/mol. The number of para-hydroxylation sites is 1. The molecule has 1 amide bonds. The van der Waals surface area contributed by atoms with Crippen molar-refractivity contribution in [2.45, 2.75) is 0 Å². The Morgan fingerprint density at radius 3 is 2.61 bits per heavy atom. The fourth-order valence-electron chi connectivity index (χ4n) is 2.10. The molecule has 3 rings (SSSR count). The molecule has 3 aromatic rings. The molecule has 0 spiro atoms. The molecule has 0 aliphatic carbocycles. The van der Waals surface area contributed by atoms with Gasteiger partial charge in [0.1, 0.15) is 5.75 Å². The van der Waals surface area contributed by atoms with Gasteiger partial charge in [-0.15, -0.1) is 0 Å². The van der Waals surface area contributed by atoms with E-state index in [1.54, 1.807) is 55.6 Å². The molecular formula is C17H13ClN2O3. The number of amides is 1. The highest BCUT2D eigenvalue weighted by Gasteiger charge is 2.19. The second-order valence-corrected chi connectivity index (χ2v) is 5.10. The van der Waals surface area contributed by atoms with Gasteiger partial charge in [0.05, 0.1) is 17.8 Å². The number of carbonyl (C=O) groups excluding carboxylic acids is 1. The number of anilines is 1. The summed E-state index contributed by atoms with van der Waals surface area (Å²) < 4.78 is 10.5. The first-order valence-electron chi connectivity index (χ1n) is 6.83. The molecule has 0 aliphatic rings. The molecule has 0 fully saturated rings. The number of hydrogen-bond acceptors (Lipinski definition) is 4. The van der Waals surface area contributed by atoms with Crippen LogP contribution in [0.25, 0.3) is 11.3 Å². The third kappa shape index (κ3) is 3.19. The summed E-state index contributed by atoms with van der Waals surface area (Å²) in [6, 6.07) is 14.2. The molecule has 5 nitrogen and oxygen atoms in total. The first-order valence-corrected chi connectivity index (χ1v) is 7.20. The normalized spacial score (nSPS) is 10.3. The smallest absolute Gasteiger partial charge is 0.278 e. The van der Waals surface area contributed by atoms with Gasteiger partial charge >= 0.3 is 0 Å². The number of aromatic nitrogens is 1. The molecule has 6 heteroatoms. The number of rotatable bonds is 4. The zero-order chi connectivity index (χ0) is 16.2. The highest BCUT2D eigenvalue weighted by molar-refractivity contribution is 6.33. The van der Waals surface area contributed by atoms with Gasteiger partial charge in [0, 0.05) is 5.56 Å². The molecule has 0 atom stereocenters. The molecule has 0 unspecified atom stereocenters. The van der Waals surface area contributed by atoms with Crippen LogP contribution in [0.5, 0.6) is 5.75 Å². The van der Waals surface area contributed by atoms with Crippen LogP contribution in [0, 0.1) is 0 Å². The second kappa shape index (κ2) is 6.54. The predicted octanol–water partition coefficient (Wildman–Crippen LogP) is 4.26. The monoisotopic (exact) mass is 328 g/mol. The maximum atomic E-state index is 12.4. The van der Waals surface area contributed by atoms with Crippen molar-refractivity contribution in [2.75, 3.05) is 12.4 Å². The number of hydrogen-bond donors (Lipinski definition) is 1. The number of methoxy groups -OCH3 is 1. The maximum Gasteiger partial charge on any atom is 0.278 e. The van der Waals surface area contributed by atoms with Gasteiger partial charge in [0.15, 0.2) is 17.8 Å². The SMILES string of the molecule is COc1ccc(-c2ocnc2C(=O)Nc2ccccc2Cl)cc1. The van der Waals surface area contributed by atoms with Crippen LogP contribution in [-0.4, -0.2) is 18.0 Å². The van der Waals surface area contributed by atoms with Gasteiger partial charge in [-0.2, -0.15) is 0 Å². The first kappa shape index (κ1) is 15.1. The number of benzene rings is 2. The van der Waals surface area contributed by atoms with Crippen molar-refractivity contribution in [3.05, 3.63) is 65.6 Å². The Labute approximate surface area is 137 Å². The standard InChI is InChI=1S/C17H13ClN2O3/c1-22-12-8-6-11(7-9-12)16-15(19-10-23-16)17(21)20-14-5-3-2-4-13(14)18/h2-10H,1H3,(H,20,21). The molecule has 1 aromatic heterocycles. The minimum absolute atomic E-state index is 0.190. The summed E-state index contributed by atoms with van der Waals surface area (Å²) in [6.07, 6.45) is 1.24. The van der Waals surface area contributed by atoms with E-state index in [-0.39, 0.29) is 5.69 Å². The second-order valence-electron chi connectivity index (χ2n) is 4.69. The summed E-state index contributed by atoms with van der Waals surface area (Å²) in [6.45, 7) is 0. The lowest BCUT2D eigenvalue weighted by Gasteiger charge is -2.06. The summed E-state index contributed by atoms with van der Waals surface area (Å²) >= 11 is 6.05. The molecule has 0 saturated heterocycles. The van der Waals surface area contributed by atoms with Crippen LogP contribution in [0.15, 0.2) is 59.3 Å². The van der Waals surface area contributed by atoms with Crippen molar-refractivity contribution >= 4 is 23.2 Å². The maximum absolute atomic E-state index is 12.4. The van der Waals surface area contributed by atoms with Gasteiger partial charge in [0.2, 0.25) is 0 Å². The lowest BCUT2D eigenvalue weighted by molar-refractivity contribution is 0.102. The number of ether oxygens (including phenoxy) is 1. The zero-order valence-electron chi connectivity index (χ0n) is 12.2. The van der Waals surface area contributed by atoms with Crippen molar-refractivity contribution < 1.29 is 13.9 Å². The number of halogens is 1. The highest BCUT2D eigenvalue weighted by atomic mass is 35.5. The Morgan fingerprint density at radius 1 is 1.17 bits per heavy atom. The average Bonchev–Trinajstić information content (AvgIpc) is 3.07. The van der Waals surface area contributed by atoms with Gasteiger partial charge in [0.25, 0.3) is 5.91 Å². The van der Waals surface area contributed by atoms with Gasteiger partial charge in [-0.3, -0.25) is 4.79 Å². The van der Waals surface area contributed by atoms with E-state index in [9.17, 15) is 4.79 Å². The Morgan fingerprint density at radius 2 is 1.91 bits per heavy atom. The van der Waals surface area contributed by atoms with Gasteiger partial charge < -0.3 is 14.5 Å². The topological polar surface area (TPSA) is 64.4 Å². The first-order chi connectivity index (χ1) is 11.2. The fraction of sp³-hybridized carbons (Fsp3) is 0.0588. The van der Waals surface area contributed by atoms with Crippen LogP contribution < -0.4 is 10.1 Å². The van der Waals surface area contributed by atoms with Crippen LogP contribution in [0.2, 0.25) is 5.02 Å². The third-order valence-corrected chi connectivity index (χ3v) is 3.59. The minimum atomic E-state index is -0.391. The molecule has 2 aromatic carbocycles. The number of nitrogens with one attached hydrogen (secondary N) is 1. The number of nitrogens with zero attached hydrogens (tertiary/aromatic N) is 1. The lowest BCUT2D eigenvalue weighted by atomic mass is 10.1. The van der Waals surface area contributed by atoms with E-state index in [0.717, 1.165) is 11.3 Å². The van der Waals surface area contributed by atoms with Crippen LogP contribution in [0.3, 0.4) is 0 Å². The molecule has 0 bridgehead atoms. The molecule has 1 heterocycles. The zero-order valence-corrected chi connectivity index (χ0v) is 13.0. The summed E-state index contributed by atoms with van der Waals surface area (Å²) in [5.41, 5.74) is 1.44.